The molecule has 2 aliphatic heterocycles. The van der Waals surface area contributed by atoms with Gasteiger partial charge in [0.25, 0.3) is 5.56 Å². The Bertz CT molecular complexity index is 1370. The molecule has 2 aromatic heterocycles. The SMILES string of the molecule is C[C@H]1CN(C(=O)[C@@H]2CN(c3ccc(=O)n(C)n3)C[C@H]2c2ccc(Cl)cn2)C[C@H](C)C1(O)c1ccc(Cl)cc1. The van der Waals surface area contributed by atoms with Gasteiger partial charge in [0.2, 0.25) is 5.91 Å². The zero-order valence-electron chi connectivity index (χ0n) is 21.6. The fraction of sp³-hybridized carbons (Fsp3) is 0.429. The van der Waals surface area contributed by atoms with Gasteiger partial charge in [0.05, 0.1) is 16.5 Å². The molecule has 200 valence electrons. The van der Waals surface area contributed by atoms with Gasteiger partial charge in [0.15, 0.2) is 0 Å². The molecule has 10 heteroatoms. The van der Waals surface area contributed by atoms with E-state index in [-0.39, 0.29) is 35.1 Å². The fourth-order valence-corrected chi connectivity index (χ4v) is 6.24. The van der Waals surface area contributed by atoms with Gasteiger partial charge < -0.3 is 14.9 Å². The number of pyridine rings is 1. The summed E-state index contributed by atoms with van der Waals surface area (Å²) in [5.41, 5.74) is 0.334. The zero-order valence-corrected chi connectivity index (χ0v) is 23.1. The van der Waals surface area contributed by atoms with Crippen LogP contribution in [0.1, 0.15) is 31.0 Å². The van der Waals surface area contributed by atoms with Crippen molar-refractivity contribution in [1.82, 2.24) is 19.7 Å². The molecule has 5 rings (SSSR count). The molecule has 0 aliphatic carbocycles. The number of carbonyl (C=O) groups excluding carboxylic acids is 1. The fourth-order valence-electron chi connectivity index (χ4n) is 6.01. The first-order chi connectivity index (χ1) is 18.1. The molecule has 2 aliphatic rings. The Morgan fingerprint density at radius 3 is 2.21 bits per heavy atom. The van der Waals surface area contributed by atoms with Crippen molar-refractivity contribution in [2.24, 2.45) is 24.8 Å². The van der Waals surface area contributed by atoms with E-state index in [1.807, 2.05) is 41.8 Å². The van der Waals surface area contributed by atoms with E-state index >= 15 is 0 Å². The van der Waals surface area contributed by atoms with Crippen molar-refractivity contribution in [3.63, 3.8) is 0 Å². The number of hydrogen-bond donors (Lipinski definition) is 1. The van der Waals surface area contributed by atoms with E-state index in [0.717, 1.165) is 11.3 Å². The lowest BCUT2D eigenvalue weighted by atomic mass is 9.70. The highest BCUT2D eigenvalue weighted by Crippen LogP contribution is 2.43. The number of aromatic nitrogens is 3. The van der Waals surface area contributed by atoms with Crippen molar-refractivity contribution in [2.75, 3.05) is 31.1 Å². The molecule has 38 heavy (non-hydrogen) atoms. The number of halogens is 2. The normalized spacial score (nSPS) is 25.0. The summed E-state index contributed by atoms with van der Waals surface area (Å²) < 4.78 is 1.30. The number of carbonyl (C=O) groups is 1. The molecule has 0 saturated carbocycles. The van der Waals surface area contributed by atoms with Gasteiger partial charge in [-0.05, 0) is 35.9 Å². The van der Waals surface area contributed by atoms with Crippen LogP contribution in [-0.2, 0) is 17.4 Å². The zero-order chi connectivity index (χ0) is 27.2. The Kier molecular flexibility index (Phi) is 7.24. The Hall–Kier alpha value is -2.94. The van der Waals surface area contributed by atoms with Gasteiger partial charge in [-0.1, -0.05) is 49.2 Å². The molecule has 1 aromatic carbocycles. The molecule has 8 nitrogen and oxygen atoms in total. The molecule has 3 aromatic rings. The van der Waals surface area contributed by atoms with Crippen molar-refractivity contribution in [2.45, 2.75) is 25.4 Å². The lowest BCUT2D eigenvalue weighted by Gasteiger charge is -2.48. The number of likely N-dealkylation sites (tertiary alicyclic amines) is 1. The molecule has 0 bridgehead atoms. The highest BCUT2D eigenvalue weighted by Gasteiger charge is 2.49. The number of aryl methyl sites for hydroxylation is 1. The van der Waals surface area contributed by atoms with Crippen LogP contribution in [0, 0.1) is 17.8 Å². The summed E-state index contributed by atoms with van der Waals surface area (Å²) in [5, 5.41) is 17.3. The van der Waals surface area contributed by atoms with Crippen LogP contribution < -0.4 is 10.5 Å². The number of amides is 1. The average molecular weight is 556 g/mol. The average Bonchev–Trinajstić information content (AvgIpc) is 3.34. The standard InChI is InChI=1S/C28H31Cl2N5O3/c1-17-13-35(14-18(2)28(17,38)19-4-6-20(29)7-5-19)27(37)23-16-34(25-10-11-26(36)33(3)32-25)15-22(23)24-9-8-21(30)12-31-24/h4-12,17-18,22-23,38H,13-16H2,1-3H3/t17-,18-,22+,23+/m0/s1. The van der Waals surface area contributed by atoms with E-state index < -0.39 is 5.60 Å². The molecule has 1 N–H and O–H groups in total. The second-order valence-corrected chi connectivity index (χ2v) is 11.4. The number of benzene rings is 1. The number of aliphatic hydroxyl groups is 1. The van der Waals surface area contributed by atoms with Gasteiger partial charge >= 0.3 is 0 Å². The van der Waals surface area contributed by atoms with Gasteiger partial charge in [-0.3, -0.25) is 14.6 Å². The number of piperidine rings is 1. The van der Waals surface area contributed by atoms with Crippen LogP contribution in [0.5, 0.6) is 0 Å². The Morgan fingerprint density at radius 2 is 1.61 bits per heavy atom. The third kappa shape index (κ3) is 4.81. The quantitative estimate of drug-likeness (QED) is 0.527. The van der Waals surface area contributed by atoms with Crippen LogP contribution in [0.15, 0.2) is 59.5 Å². The summed E-state index contributed by atoms with van der Waals surface area (Å²) in [6.45, 7) is 5.80. The lowest BCUT2D eigenvalue weighted by Crippen LogP contribution is -2.57. The molecule has 0 spiro atoms. The monoisotopic (exact) mass is 555 g/mol. The summed E-state index contributed by atoms with van der Waals surface area (Å²) >= 11 is 12.2. The molecule has 1 amide bonds. The van der Waals surface area contributed by atoms with Gasteiger partial charge in [0.1, 0.15) is 5.82 Å². The minimum atomic E-state index is -1.07. The second-order valence-electron chi connectivity index (χ2n) is 10.6. The number of anilines is 1. The first-order valence-corrected chi connectivity index (χ1v) is 13.5. The predicted octanol–water partition coefficient (Wildman–Crippen LogP) is 3.70. The van der Waals surface area contributed by atoms with Crippen LogP contribution in [0.2, 0.25) is 10.0 Å². The van der Waals surface area contributed by atoms with Gasteiger partial charge in [0, 0.05) is 74.0 Å². The molecule has 2 saturated heterocycles. The van der Waals surface area contributed by atoms with Crippen LogP contribution >= 0.6 is 23.2 Å². The summed E-state index contributed by atoms with van der Waals surface area (Å²) in [7, 11) is 1.61. The van der Waals surface area contributed by atoms with Crippen LogP contribution in [0.25, 0.3) is 0 Å². The van der Waals surface area contributed by atoms with E-state index in [0.29, 0.717) is 42.0 Å². The summed E-state index contributed by atoms with van der Waals surface area (Å²) in [5.74, 6) is -0.266. The predicted molar refractivity (Wildman–Crippen MR) is 147 cm³/mol. The number of nitrogens with zero attached hydrogens (tertiary/aromatic N) is 5. The summed E-state index contributed by atoms with van der Waals surface area (Å²) in [6, 6.07) is 14.1. The van der Waals surface area contributed by atoms with Gasteiger partial charge in [-0.15, -0.1) is 0 Å². The summed E-state index contributed by atoms with van der Waals surface area (Å²) in [4.78, 5) is 34.4. The first kappa shape index (κ1) is 26.7. The Labute approximate surface area is 231 Å². The summed E-state index contributed by atoms with van der Waals surface area (Å²) in [6.07, 6.45) is 1.60. The molecule has 2 fully saturated rings. The minimum Gasteiger partial charge on any atom is -0.384 e. The van der Waals surface area contributed by atoms with E-state index in [1.54, 1.807) is 37.5 Å². The van der Waals surface area contributed by atoms with E-state index in [4.69, 9.17) is 23.2 Å². The number of hydrogen-bond acceptors (Lipinski definition) is 6. The Balaban J connectivity index is 1.42. The van der Waals surface area contributed by atoms with Crippen LogP contribution in [-0.4, -0.2) is 56.9 Å². The maximum absolute atomic E-state index is 14.1. The van der Waals surface area contributed by atoms with Crippen molar-refractivity contribution in [1.29, 1.82) is 0 Å². The topological polar surface area (TPSA) is 91.6 Å². The third-order valence-corrected chi connectivity index (χ3v) is 8.62. The Morgan fingerprint density at radius 1 is 0.947 bits per heavy atom. The first-order valence-electron chi connectivity index (χ1n) is 12.8. The minimum absolute atomic E-state index is 0.0240. The highest BCUT2D eigenvalue weighted by molar-refractivity contribution is 6.30. The van der Waals surface area contributed by atoms with E-state index in [2.05, 4.69) is 10.1 Å². The second kappa shape index (κ2) is 10.3. The third-order valence-electron chi connectivity index (χ3n) is 8.15. The number of rotatable bonds is 4. The smallest absolute Gasteiger partial charge is 0.266 e. The van der Waals surface area contributed by atoms with Crippen molar-refractivity contribution >= 4 is 34.9 Å². The van der Waals surface area contributed by atoms with Crippen molar-refractivity contribution in [3.8, 4) is 0 Å². The van der Waals surface area contributed by atoms with Crippen molar-refractivity contribution in [3.05, 3.63) is 86.4 Å². The molecule has 0 radical (unpaired) electrons. The molecular formula is C28H31Cl2N5O3. The molecular weight excluding hydrogens is 525 g/mol. The van der Waals surface area contributed by atoms with E-state index in [9.17, 15) is 14.7 Å². The van der Waals surface area contributed by atoms with Crippen molar-refractivity contribution < 1.29 is 9.90 Å². The molecule has 4 heterocycles. The van der Waals surface area contributed by atoms with Gasteiger partial charge in [-0.2, -0.15) is 5.10 Å². The lowest BCUT2D eigenvalue weighted by molar-refractivity contribution is -0.152. The van der Waals surface area contributed by atoms with Gasteiger partial charge in [-0.25, -0.2) is 4.68 Å². The van der Waals surface area contributed by atoms with Crippen LogP contribution in [0.4, 0.5) is 5.82 Å². The molecule has 0 unspecified atom stereocenters. The molecule has 4 atom stereocenters. The maximum Gasteiger partial charge on any atom is 0.266 e. The maximum atomic E-state index is 14.1. The highest BCUT2D eigenvalue weighted by atomic mass is 35.5. The largest absolute Gasteiger partial charge is 0.384 e. The van der Waals surface area contributed by atoms with E-state index in [1.165, 1.54) is 10.7 Å². The van der Waals surface area contributed by atoms with Crippen LogP contribution in [0.3, 0.4) is 0 Å².